The van der Waals surface area contributed by atoms with Crippen LogP contribution in [0.15, 0.2) is 48.5 Å². The molecule has 0 aromatic heterocycles. The highest BCUT2D eigenvalue weighted by atomic mass is 35.5. The summed E-state index contributed by atoms with van der Waals surface area (Å²) in [5.74, 6) is -0.966. The van der Waals surface area contributed by atoms with Gasteiger partial charge in [0.25, 0.3) is 5.91 Å². The number of anilines is 2. The van der Waals surface area contributed by atoms with Gasteiger partial charge >= 0.3 is 0 Å². The Morgan fingerprint density at radius 1 is 1.08 bits per heavy atom. The molecule has 0 fully saturated rings. The van der Waals surface area contributed by atoms with Crippen LogP contribution in [-0.2, 0) is 9.59 Å². The predicted octanol–water partition coefficient (Wildman–Crippen LogP) is 2.81. The molecule has 7 heteroatoms. The van der Waals surface area contributed by atoms with Crippen molar-refractivity contribution in [3.8, 4) is 0 Å². The van der Waals surface area contributed by atoms with Gasteiger partial charge < -0.3 is 16.0 Å². The molecule has 3 N–H and O–H groups in total. The molecular formula is C18H16ClN3O3. The summed E-state index contributed by atoms with van der Waals surface area (Å²) >= 11 is 6.00. The van der Waals surface area contributed by atoms with E-state index in [0.717, 1.165) is 0 Å². The van der Waals surface area contributed by atoms with Crippen molar-refractivity contribution in [2.75, 3.05) is 10.6 Å². The van der Waals surface area contributed by atoms with E-state index in [0.29, 0.717) is 22.0 Å². The van der Waals surface area contributed by atoms with Gasteiger partial charge in [-0.2, -0.15) is 0 Å². The molecule has 1 aliphatic rings. The molecule has 3 amide bonds. The second kappa shape index (κ2) is 7.36. The third-order valence-corrected chi connectivity index (χ3v) is 4.19. The minimum absolute atomic E-state index is 0.0694. The van der Waals surface area contributed by atoms with Gasteiger partial charge in [-0.25, -0.2) is 0 Å². The van der Waals surface area contributed by atoms with Crippen LogP contribution in [-0.4, -0.2) is 23.8 Å². The first kappa shape index (κ1) is 17.0. The van der Waals surface area contributed by atoms with Gasteiger partial charge in [0.2, 0.25) is 11.8 Å². The van der Waals surface area contributed by atoms with Gasteiger partial charge in [0.1, 0.15) is 6.04 Å². The molecule has 3 rings (SSSR count). The molecule has 25 heavy (non-hydrogen) atoms. The minimum atomic E-state index is -0.781. The highest BCUT2D eigenvalue weighted by molar-refractivity contribution is 6.33. The number of carbonyl (C=O) groups excluding carboxylic acids is 3. The van der Waals surface area contributed by atoms with Gasteiger partial charge in [0.05, 0.1) is 22.0 Å². The van der Waals surface area contributed by atoms with Crippen LogP contribution in [0.1, 0.15) is 23.2 Å². The van der Waals surface area contributed by atoms with Crippen molar-refractivity contribution in [1.82, 2.24) is 5.32 Å². The molecule has 0 saturated heterocycles. The summed E-state index contributed by atoms with van der Waals surface area (Å²) in [5, 5.41) is 8.50. The average Bonchev–Trinajstić information content (AvgIpc) is 2.72. The number of fused-ring (bicyclic) bond motifs is 1. The topological polar surface area (TPSA) is 87.3 Å². The molecule has 0 bridgehead atoms. The number of rotatable bonds is 4. The van der Waals surface area contributed by atoms with Gasteiger partial charge in [0, 0.05) is 6.42 Å². The number of para-hydroxylation sites is 2. The number of carbonyl (C=O) groups is 3. The summed E-state index contributed by atoms with van der Waals surface area (Å²) in [7, 11) is 0. The van der Waals surface area contributed by atoms with Crippen LogP contribution in [0, 0.1) is 0 Å². The normalized spacial score (nSPS) is 16.3. The first-order chi connectivity index (χ1) is 12.0. The van der Waals surface area contributed by atoms with E-state index in [2.05, 4.69) is 16.0 Å². The quantitative estimate of drug-likeness (QED) is 0.786. The smallest absolute Gasteiger partial charge is 0.254 e. The van der Waals surface area contributed by atoms with Crippen LogP contribution in [0.4, 0.5) is 11.4 Å². The Balaban J connectivity index is 1.62. The maximum Gasteiger partial charge on any atom is 0.254 e. The lowest BCUT2D eigenvalue weighted by Gasteiger charge is -2.14. The number of benzene rings is 2. The second-order valence-electron chi connectivity index (χ2n) is 5.63. The largest absolute Gasteiger partial charge is 0.340 e. The lowest BCUT2D eigenvalue weighted by Crippen LogP contribution is -2.41. The van der Waals surface area contributed by atoms with Crippen LogP contribution in [0.5, 0.6) is 0 Å². The Labute approximate surface area is 149 Å². The maximum atomic E-state index is 12.3. The number of hydrogen-bond acceptors (Lipinski definition) is 3. The van der Waals surface area contributed by atoms with E-state index in [4.69, 9.17) is 11.6 Å². The zero-order valence-electron chi connectivity index (χ0n) is 13.2. The third kappa shape index (κ3) is 3.97. The maximum absolute atomic E-state index is 12.3. The summed E-state index contributed by atoms with van der Waals surface area (Å²) in [5.41, 5.74) is 1.38. The van der Waals surface area contributed by atoms with E-state index in [1.807, 2.05) is 0 Å². The zero-order chi connectivity index (χ0) is 17.8. The fourth-order valence-corrected chi connectivity index (χ4v) is 2.75. The van der Waals surface area contributed by atoms with E-state index in [1.165, 1.54) is 0 Å². The summed E-state index contributed by atoms with van der Waals surface area (Å²) in [6, 6.07) is 12.9. The fourth-order valence-electron chi connectivity index (χ4n) is 2.57. The molecule has 2 aromatic rings. The Morgan fingerprint density at radius 2 is 1.80 bits per heavy atom. The summed E-state index contributed by atoms with van der Waals surface area (Å²) in [6.07, 6.45) is 0.252. The van der Waals surface area contributed by atoms with Gasteiger partial charge in [-0.3, -0.25) is 14.4 Å². The molecule has 1 atom stereocenters. The van der Waals surface area contributed by atoms with Gasteiger partial charge in [-0.05, 0) is 30.7 Å². The Morgan fingerprint density at radius 3 is 2.60 bits per heavy atom. The van der Waals surface area contributed by atoms with E-state index in [1.54, 1.807) is 48.5 Å². The summed E-state index contributed by atoms with van der Waals surface area (Å²) in [6.45, 7) is 0. The lowest BCUT2D eigenvalue weighted by atomic mass is 10.1. The van der Waals surface area contributed by atoms with E-state index >= 15 is 0 Å². The standard InChI is InChI=1S/C18H16ClN3O3/c19-12-6-2-4-8-14(12)20-16(23)10-9-15-18(25)21-13-7-3-1-5-11(13)17(24)22-15/h1-8,15H,9-10H2,(H,20,23)(H,21,25)(H,22,24)/t15-/m1/s1. The van der Waals surface area contributed by atoms with E-state index in [9.17, 15) is 14.4 Å². The van der Waals surface area contributed by atoms with Crippen LogP contribution >= 0.6 is 11.6 Å². The number of halogens is 1. The third-order valence-electron chi connectivity index (χ3n) is 3.86. The number of hydrogen-bond donors (Lipinski definition) is 3. The molecule has 0 radical (unpaired) electrons. The van der Waals surface area contributed by atoms with Crippen molar-refractivity contribution in [3.05, 3.63) is 59.1 Å². The van der Waals surface area contributed by atoms with Crippen molar-refractivity contribution in [3.63, 3.8) is 0 Å². The van der Waals surface area contributed by atoms with Crippen molar-refractivity contribution in [1.29, 1.82) is 0 Å². The molecule has 0 spiro atoms. The number of amides is 3. The van der Waals surface area contributed by atoms with Crippen LogP contribution in [0.25, 0.3) is 0 Å². The van der Waals surface area contributed by atoms with Gasteiger partial charge in [-0.1, -0.05) is 35.9 Å². The molecule has 1 aliphatic heterocycles. The molecule has 0 unspecified atom stereocenters. The van der Waals surface area contributed by atoms with E-state index in [-0.39, 0.29) is 30.6 Å². The molecule has 6 nitrogen and oxygen atoms in total. The molecule has 0 saturated carbocycles. The first-order valence-electron chi connectivity index (χ1n) is 7.80. The number of nitrogens with one attached hydrogen (secondary N) is 3. The van der Waals surface area contributed by atoms with Crippen LogP contribution in [0.3, 0.4) is 0 Å². The highest BCUT2D eigenvalue weighted by Crippen LogP contribution is 2.22. The van der Waals surface area contributed by atoms with Crippen molar-refractivity contribution >= 4 is 40.7 Å². The summed E-state index contributed by atoms with van der Waals surface area (Å²) < 4.78 is 0. The Kier molecular flexibility index (Phi) is 5.00. The van der Waals surface area contributed by atoms with Crippen molar-refractivity contribution in [2.45, 2.75) is 18.9 Å². The molecular weight excluding hydrogens is 342 g/mol. The first-order valence-corrected chi connectivity index (χ1v) is 8.17. The minimum Gasteiger partial charge on any atom is -0.340 e. The summed E-state index contributed by atoms with van der Waals surface area (Å²) in [4.78, 5) is 36.6. The van der Waals surface area contributed by atoms with Gasteiger partial charge in [0.15, 0.2) is 0 Å². The van der Waals surface area contributed by atoms with E-state index < -0.39 is 6.04 Å². The fraction of sp³-hybridized carbons (Fsp3) is 0.167. The average molecular weight is 358 g/mol. The van der Waals surface area contributed by atoms with Gasteiger partial charge in [-0.15, -0.1) is 0 Å². The SMILES string of the molecule is O=C(CC[C@H]1NC(=O)c2ccccc2NC1=O)Nc1ccccc1Cl. The van der Waals surface area contributed by atoms with Crippen molar-refractivity contribution < 1.29 is 14.4 Å². The highest BCUT2D eigenvalue weighted by Gasteiger charge is 2.27. The molecule has 1 heterocycles. The second-order valence-corrected chi connectivity index (χ2v) is 6.03. The Hall–Kier alpha value is -2.86. The molecule has 0 aliphatic carbocycles. The van der Waals surface area contributed by atoms with Crippen LogP contribution in [0.2, 0.25) is 5.02 Å². The zero-order valence-corrected chi connectivity index (χ0v) is 14.0. The molecule has 2 aromatic carbocycles. The predicted molar refractivity (Wildman–Crippen MR) is 95.6 cm³/mol. The monoisotopic (exact) mass is 357 g/mol. The van der Waals surface area contributed by atoms with Crippen LogP contribution < -0.4 is 16.0 Å². The molecule has 128 valence electrons. The lowest BCUT2D eigenvalue weighted by molar-refractivity contribution is -0.118. The Bertz CT molecular complexity index is 838. The van der Waals surface area contributed by atoms with Crippen molar-refractivity contribution in [2.24, 2.45) is 0 Å².